The second-order valence-electron chi connectivity index (χ2n) is 7.00. The zero-order valence-corrected chi connectivity index (χ0v) is 18.3. The van der Waals surface area contributed by atoms with Gasteiger partial charge in [0.15, 0.2) is 5.84 Å². The van der Waals surface area contributed by atoms with Gasteiger partial charge in [0, 0.05) is 6.26 Å². The number of carbonyl (C=O) groups is 1. The second kappa shape index (κ2) is 8.12. The van der Waals surface area contributed by atoms with Gasteiger partial charge in [-0.25, -0.2) is 8.42 Å². The van der Waals surface area contributed by atoms with Crippen LogP contribution < -0.4 is 4.74 Å². The summed E-state index contributed by atoms with van der Waals surface area (Å²) in [5.74, 6) is -0.166. The number of hydrogen-bond acceptors (Lipinski definition) is 7. The van der Waals surface area contributed by atoms with Gasteiger partial charge in [0.2, 0.25) is 19.4 Å². The van der Waals surface area contributed by atoms with Crippen molar-refractivity contribution in [2.24, 2.45) is 10.1 Å². The summed E-state index contributed by atoms with van der Waals surface area (Å²) in [6.07, 6.45) is 2.54. The number of carbonyl (C=O) groups excluding carboxylic acids is 1. The van der Waals surface area contributed by atoms with E-state index in [4.69, 9.17) is 10.1 Å². The Bertz CT molecular complexity index is 1260. The third-order valence-electron chi connectivity index (χ3n) is 4.47. The van der Waals surface area contributed by atoms with Crippen LogP contribution >= 0.6 is 11.8 Å². The number of thioether (sulfide) groups is 1. The number of ether oxygens (including phenoxy) is 1. The van der Waals surface area contributed by atoms with Crippen LogP contribution in [0.5, 0.6) is 5.75 Å². The number of sulfone groups is 1. The second-order valence-corrected chi connectivity index (χ2v) is 10.1. The van der Waals surface area contributed by atoms with Crippen molar-refractivity contribution in [1.29, 1.82) is 5.41 Å². The number of benzene rings is 2. The molecular weight excluding hydrogens is 436 g/mol. The van der Waals surface area contributed by atoms with Crippen molar-refractivity contribution in [2.45, 2.75) is 13.5 Å². The Morgan fingerprint density at radius 1 is 1.13 bits per heavy atom. The average molecular weight is 455 g/mol. The number of amidine groups is 2. The van der Waals surface area contributed by atoms with Crippen molar-refractivity contribution in [2.75, 3.05) is 6.26 Å². The monoisotopic (exact) mass is 454 g/mol. The molecule has 1 N–H and O–H groups in total. The first-order valence-electron chi connectivity index (χ1n) is 9.19. The summed E-state index contributed by atoms with van der Waals surface area (Å²) in [5.41, 5.74) is 2.94. The van der Waals surface area contributed by atoms with Gasteiger partial charge in [-0.05, 0) is 48.0 Å². The van der Waals surface area contributed by atoms with E-state index in [0.29, 0.717) is 17.9 Å². The molecule has 2 aliphatic heterocycles. The molecule has 0 saturated carbocycles. The minimum Gasteiger partial charge on any atom is -0.489 e. The molecule has 158 valence electrons. The van der Waals surface area contributed by atoms with Crippen LogP contribution in [0.1, 0.15) is 16.7 Å². The van der Waals surface area contributed by atoms with E-state index in [9.17, 15) is 13.2 Å². The summed E-state index contributed by atoms with van der Waals surface area (Å²) in [5, 5.41) is 13.3. The summed E-state index contributed by atoms with van der Waals surface area (Å²) >= 11 is 0.756. The van der Waals surface area contributed by atoms with Crippen LogP contribution in [-0.4, -0.2) is 41.0 Å². The molecule has 2 aliphatic rings. The predicted molar refractivity (Wildman–Crippen MR) is 122 cm³/mol. The molecular formula is C21H18N4O4S2. The predicted octanol–water partition coefficient (Wildman–Crippen LogP) is 3.20. The lowest BCUT2D eigenvalue weighted by molar-refractivity contribution is -0.114. The molecule has 0 bridgehead atoms. The van der Waals surface area contributed by atoms with E-state index < -0.39 is 15.7 Å². The first-order chi connectivity index (χ1) is 14.7. The van der Waals surface area contributed by atoms with Gasteiger partial charge >= 0.3 is 0 Å². The summed E-state index contributed by atoms with van der Waals surface area (Å²) in [6.45, 7) is 2.47. The minimum atomic E-state index is -3.56. The standard InChI is InChI=1S/C21H18N4O4S2/c1-13-3-5-15(6-4-13)12-29-16-9-7-14(8-10-16)11-17-18(22)25-20(23-19(17)26)30-21(24-25)31(2,27)28/h3-11,22H,12H2,1-2H3/b17-11+,22-18?. The molecule has 0 radical (unpaired) electrons. The quantitative estimate of drug-likeness (QED) is 0.710. The van der Waals surface area contributed by atoms with Crippen LogP contribution in [0.3, 0.4) is 0 Å². The highest BCUT2D eigenvalue weighted by Crippen LogP contribution is 2.30. The minimum absolute atomic E-state index is 0.0242. The third-order valence-corrected chi connectivity index (χ3v) is 7.05. The van der Waals surface area contributed by atoms with Crippen LogP contribution in [0.25, 0.3) is 6.08 Å². The lowest BCUT2D eigenvalue weighted by Crippen LogP contribution is -2.35. The molecule has 10 heteroatoms. The molecule has 4 rings (SSSR count). The van der Waals surface area contributed by atoms with Crippen molar-refractivity contribution in [1.82, 2.24) is 5.01 Å². The number of nitrogens with zero attached hydrogens (tertiary/aromatic N) is 3. The SMILES string of the molecule is Cc1ccc(COc2ccc(/C=C3\C(=N)N4N=C(S(C)(=O)=O)SC4=NC3=O)cc2)cc1. The zero-order valence-electron chi connectivity index (χ0n) is 16.7. The zero-order chi connectivity index (χ0) is 22.2. The van der Waals surface area contributed by atoms with Crippen molar-refractivity contribution >= 4 is 49.0 Å². The summed E-state index contributed by atoms with van der Waals surface area (Å²) in [4.78, 5) is 16.3. The first-order valence-corrected chi connectivity index (χ1v) is 11.9. The maximum absolute atomic E-state index is 12.4. The van der Waals surface area contributed by atoms with Gasteiger partial charge in [0.05, 0.1) is 5.57 Å². The largest absolute Gasteiger partial charge is 0.489 e. The molecule has 0 atom stereocenters. The van der Waals surface area contributed by atoms with E-state index in [2.05, 4.69) is 10.1 Å². The fourth-order valence-corrected chi connectivity index (χ4v) is 4.49. The van der Waals surface area contributed by atoms with E-state index in [1.807, 2.05) is 31.2 Å². The molecule has 0 aliphatic carbocycles. The molecule has 2 aromatic rings. The molecule has 0 spiro atoms. The molecule has 31 heavy (non-hydrogen) atoms. The fourth-order valence-electron chi connectivity index (χ4n) is 2.80. The van der Waals surface area contributed by atoms with Gasteiger partial charge in [-0.2, -0.15) is 10.0 Å². The molecule has 0 aromatic heterocycles. The van der Waals surface area contributed by atoms with Crippen LogP contribution in [0.15, 0.2) is 64.2 Å². The Kier molecular flexibility index (Phi) is 5.50. The van der Waals surface area contributed by atoms with E-state index >= 15 is 0 Å². The van der Waals surface area contributed by atoms with Crippen molar-refractivity contribution in [3.05, 3.63) is 70.8 Å². The summed E-state index contributed by atoms with van der Waals surface area (Å²) < 4.78 is 29.0. The van der Waals surface area contributed by atoms with Crippen molar-refractivity contribution in [3.63, 3.8) is 0 Å². The van der Waals surface area contributed by atoms with Crippen LogP contribution in [0.4, 0.5) is 0 Å². The number of nitrogens with one attached hydrogen (secondary N) is 1. The van der Waals surface area contributed by atoms with Gasteiger partial charge in [0.25, 0.3) is 5.91 Å². The molecule has 2 aromatic carbocycles. The fraction of sp³-hybridized carbons (Fsp3) is 0.143. The highest BCUT2D eigenvalue weighted by molar-refractivity contribution is 8.42. The number of aliphatic imine (C=N–C) groups is 1. The van der Waals surface area contributed by atoms with Gasteiger partial charge < -0.3 is 4.74 Å². The van der Waals surface area contributed by atoms with E-state index in [1.54, 1.807) is 24.3 Å². The van der Waals surface area contributed by atoms with Crippen molar-refractivity contribution < 1.29 is 17.9 Å². The van der Waals surface area contributed by atoms with Crippen LogP contribution in [-0.2, 0) is 21.2 Å². The first kappa shape index (κ1) is 21.0. The molecule has 0 saturated heterocycles. The maximum Gasteiger partial charge on any atom is 0.283 e. The Hall–Kier alpha value is -3.24. The molecule has 0 unspecified atom stereocenters. The van der Waals surface area contributed by atoms with Crippen LogP contribution in [0.2, 0.25) is 0 Å². The molecule has 0 fully saturated rings. The smallest absolute Gasteiger partial charge is 0.283 e. The number of hydrogen-bond donors (Lipinski definition) is 1. The number of amides is 1. The van der Waals surface area contributed by atoms with E-state index in [-0.39, 0.29) is 21.0 Å². The Balaban J connectivity index is 1.49. The van der Waals surface area contributed by atoms with E-state index in [1.165, 1.54) is 11.6 Å². The number of hydrazone groups is 1. The van der Waals surface area contributed by atoms with Gasteiger partial charge in [-0.15, -0.1) is 5.10 Å². The molecule has 2 heterocycles. The number of fused-ring (bicyclic) bond motifs is 1. The maximum atomic E-state index is 12.4. The van der Waals surface area contributed by atoms with Gasteiger partial charge in [-0.3, -0.25) is 10.2 Å². The topological polar surface area (TPSA) is 112 Å². The van der Waals surface area contributed by atoms with Crippen molar-refractivity contribution in [3.8, 4) is 5.75 Å². The third kappa shape index (κ3) is 4.59. The summed E-state index contributed by atoms with van der Waals surface area (Å²) in [7, 11) is -3.56. The van der Waals surface area contributed by atoms with Gasteiger partial charge in [-0.1, -0.05) is 42.0 Å². The number of aryl methyl sites for hydroxylation is 1. The Labute approximate surface area is 183 Å². The van der Waals surface area contributed by atoms with Gasteiger partial charge in [0.1, 0.15) is 12.4 Å². The highest BCUT2D eigenvalue weighted by Gasteiger charge is 2.38. The Morgan fingerprint density at radius 2 is 1.81 bits per heavy atom. The van der Waals surface area contributed by atoms with Crippen LogP contribution in [0, 0.1) is 12.3 Å². The normalized spacial score (nSPS) is 17.5. The summed E-state index contributed by atoms with van der Waals surface area (Å²) in [6, 6.07) is 15.2. The highest BCUT2D eigenvalue weighted by atomic mass is 32.3. The Morgan fingerprint density at radius 3 is 2.45 bits per heavy atom. The number of rotatable bonds is 4. The molecule has 8 nitrogen and oxygen atoms in total. The average Bonchev–Trinajstić information content (AvgIpc) is 3.16. The lowest BCUT2D eigenvalue weighted by atomic mass is 10.1. The molecule has 1 amide bonds. The van der Waals surface area contributed by atoms with E-state index in [0.717, 1.165) is 28.6 Å². The lowest BCUT2D eigenvalue weighted by Gasteiger charge is -2.20.